The molecule has 0 fully saturated rings. The fourth-order valence-corrected chi connectivity index (χ4v) is 0.884. The minimum Gasteiger partial charge on any atom is -0.466 e. The Labute approximate surface area is 87.6 Å². The van der Waals surface area contributed by atoms with Gasteiger partial charge in [0.1, 0.15) is 6.04 Å². The van der Waals surface area contributed by atoms with E-state index in [1.807, 2.05) is 6.07 Å². The number of carbonyl (C=O) groups is 1. The summed E-state index contributed by atoms with van der Waals surface area (Å²) in [5.74, 6) is -0.416. The lowest BCUT2D eigenvalue weighted by molar-refractivity contribution is -0.143. The average molecular weight is 211 g/mol. The number of nitriles is 1. The molecule has 0 aliphatic carbocycles. The summed E-state index contributed by atoms with van der Waals surface area (Å²) in [6, 6.07) is 1.32. The van der Waals surface area contributed by atoms with Crippen LogP contribution in [0.15, 0.2) is 5.11 Å². The molecular weight excluding hydrogens is 198 g/mol. The second kappa shape index (κ2) is 8.81. The zero-order chi connectivity index (χ0) is 11.5. The number of hydrogen-bond donors (Lipinski definition) is 1. The molecule has 0 aliphatic rings. The molecule has 82 valence electrons. The maximum absolute atomic E-state index is 11.0. The van der Waals surface area contributed by atoms with Gasteiger partial charge in [0, 0.05) is 18.0 Å². The smallest absolute Gasteiger partial charge is 0.308 e. The SMILES string of the molecule is CCOC(=O)CC(C#N)NCCN=[N+]=[N-]. The van der Waals surface area contributed by atoms with Crippen LogP contribution in [-0.2, 0) is 9.53 Å². The Morgan fingerprint density at radius 3 is 3.07 bits per heavy atom. The maximum atomic E-state index is 11.0. The molecule has 0 rings (SSSR count). The molecule has 7 nitrogen and oxygen atoms in total. The van der Waals surface area contributed by atoms with E-state index in [9.17, 15) is 4.79 Å². The molecule has 15 heavy (non-hydrogen) atoms. The number of carbonyl (C=O) groups excluding carboxylic acids is 1. The van der Waals surface area contributed by atoms with Crippen molar-refractivity contribution in [1.82, 2.24) is 5.32 Å². The lowest BCUT2D eigenvalue weighted by atomic mass is 10.2. The van der Waals surface area contributed by atoms with E-state index in [1.54, 1.807) is 6.92 Å². The average Bonchev–Trinajstić information content (AvgIpc) is 2.23. The quantitative estimate of drug-likeness (QED) is 0.220. The Morgan fingerprint density at radius 2 is 2.53 bits per heavy atom. The van der Waals surface area contributed by atoms with Crippen molar-refractivity contribution in [2.24, 2.45) is 5.11 Å². The van der Waals surface area contributed by atoms with Gasteiger partial charge >= 0.3 is 5.97 Å². The van der Waals surface area contributed by atoms with Gasteiger partial charge in [-0.25, -0.2) is 0 Å². The van der Waals surface area contributed by atoms with Crippen molar-refractivity contribution in [2.45, 2.75) is 19.4 Å². The summed E-state index contributed by atoms with van der Waals surface area (Å²) in [5.41, 5.74) is 8.00. The Kier molecular flexibility index (Phi) is 7.77. The van der Waals surface area contributed by atoms with Crippen LogP contribution in [0.2, 0.25) is 0 Å². The normalized spacial score (nSPS) is 10.9. The lowest BCUT2D eigenvalue weighted by Crippen LogP contribution is -2.32. The molecule has 0 aliphatic heterocycles. The van der Waals surface area contributed by atoms with Crippen molar-refractivity contribution in [2.75, 3.05) is 19.7 Å². The van der Waals surface area contributed by atoms with Gasteiger partial charge in [0.05, 0.1) is 19.1 Å². The van der Waals surface area contributed by atoms with Gasteiger partial charge in [-0.3, -0.25) is 4.79 Å². The van der Waals surface area contributed by atoms with Crippen molar-refractivity contribution in [1.29, 1.82) is 5.26 Å². The number of azide groups is 1. The fourth-order valence-electron chi connectivity index (χ4n) is 0.884. The van der Waals surface area contributed by atoms with E-state index in [4.69, 9.17) is 10.8 Å². The van der Waals surface area contributed by atoms with Crippen LogP contribution in [0.4, 0.5) is 0 Å². The molecule has 0 heterocycles. The van der Waals surface area contributed by atoms with Crippen molar-refractivity contribution in [3.05, 3.63) is 10.4 Å². The van der Waals surface area contributed by atoms with Crippen LogP contribution in [0.25, 0.3) is 10.4 Å². The molecule has 0 radical (unpaired) electrons. The molecule has 0 aromatic rings. The van der Waals surface area contributed by atoms with Crippen LogP contribution in [-0.4, -0.2) is 31.7 Å². The van der Waals surface area contributed by atoms with Crippen LogP contribution in [0, 0.1) is 11.3 Å². The molecule has 1 N–H and O–H groups in total. The molecule has 7 heteroatoms. The van der Waals surface area contributed by atoms with Gasteiger partial charge < -0.3 is 10.1 Å². The van der Waals surface area contributed by atoms with E-state index in [-0.39, 0.29) is 13.0 Å². The van der Waals surface area contributed by atoms with E-state index < -0.39 is 12.0 Å². The van der Waals surface area contributed by atoms with Crippen molar-refractivity contribution in [3.63, 3.8) is 0 Å². The number of nitrogens with one attached hydrogen (secondary N) is 1. The molecule has 0 aromatic heterocycles. The molecular formula is C8H13N5O2. The molecule has 0 spiro atoms. The van der Waals surface area contributed by atoms with Crippen LogP contribution in [0.3, 0.4) is 0 Å². The largest absolute Gasteiger partial charge is 0.466 e. The van der Waals surface area contributed by atoms with Gasteiger partial charge in [0.2, 0.25) is 0 Å². The predicted molar refractivity (Wildman–Crippen MR) is 52.7 cm³/mol. The van der Waals surface area contributed by atoms with Crippen LogP contribution >= 0.6 is 0 Å². The van der Waals surface area contributed by atoms with Crippen LogP contribution < -0.4 is 5.32 Å². The molecule has 1 unspecified atom stereocenters. The highest BCUT2D eigenvalue weighted by molar-refractivity contribution is 5.70. The first-order valence-electron chi connectivity index (χ1n) is 4.54. The molecule has 0 aromatic carbocycles. The first-order chi connectivity index (χ1) is 7.24. The third-order valence-electron chi connectivity index (χ3n) is 1.50. The van der Waals surface area contributed by atoms with Crippen molar-refractivity contribution < 1.29 is 9.53 Å². The van der Waals surface area contributed by atoms with Crippen LogP contribution in [0.5, 0.6) is 0 Å². The highest BCUT2D eigenvalue weighted by Gasteiger charge is 2.12. The summed E-state index contributed by atoms with van der Waals surface area (Å²) in [6.07, 6.45) is 0.000603. The summed E-state index contributed by atoms with van der Waals surface area (Å²) in [6.45, 7) is 2.61. The molecule has 0 saturated heterocycles. The summed E-state index contributed by atoms with van der Waals surface area (Å²) < 4.78 is 4.69. The maximum Gasteiger partial charge on any atom is 0.308 e. The van der Waals surface area contributed by atoms with Gasteiger partial charge in [0.25, 0.3) is 0 Å². The minimum atomic E-state index is -0.599. The van der Waals surface area contributed by atoms with Gasteiger partial charge in [-0.15, -0.1) is 0 Å². The molecule has 0 amide bonds. The topological polar surface area (TPSA) is 111 Å². The van der Waals surface area contributed by atoms with Gasteiger partial charge in [-0.2, -0.15) is 5.26 Å². The fraction of sp³-hybridized carbons (Fsp3) is 0.750. The first kappa shape index (κ1) is 13.2. The number of esters is 1. The van der Waals surface area contributed by atoms with Gasteiger partial charge in [-0.1, -0.05) is 5.11 Å². The van der Waals surface area contributed by atoms with E-state index in [0.717, 1.165) is 0 Å². The number of hydrogen-bond acceptors (Lipinski definition) is 5. The minimum absolute atomic E-state index is 0.000603. The molecule has 1 atom stereocenters. The number of rotatable bonds is 7. The monoisotopic (exact) mass is 211 g/mol. The first-order valence-corrected chi connectivity index (χ1v) is 4.54. The van der Waals surface area contributed by atoms with Gasteiger partial charge in [-0.05, 0) is 12.5 Å². The predicted octanol–water partition coefficient (Wildman–Crippen LogP) is 0.732. The third kappa shape index (κ3) is 7.31. The van der Waals surface area contributed by atoms with E-state index in [0.29, 0.717) is 13.2 Å². The molecule has 0 saturated carbocycles. The summed E-state index contributed by atoms with van der Waals surface area (Å²) >= 11 is 0. The zero-order valence-corrected chi connectivity index (χ0v) is 8.51. The molecule has 0 bridgehead atoms. The number of nitrogens with zero attached hydrogens (tertiary/aromatic N) is 4. The Balaban J connectivity index is 3.78. The third-order valence-corrected chi connectivity index (χ3v) is 1.50. The Morgan fingerprint density at radius 1 is 1.80 bits per heavy atom. The van der Waals surface area contributed by atoms with E-state index in [1.165, 1.54) is 0 Å². The van der Waals surface area contributed by atoms with E-state index >= 15 is 0 Å². The summed E-state index contributed by atoms with van der Waals surface area (Å²) in [4.78, 5) is 13.6. The second-order valence-electron chi connectivity index (χ2n) is 2.60. The highest BCUT2D eigenvalue weighted by atomic mass is 16.5. The highest BCUT2D eigenvalue weighted by Crippen LogP contribution is 1.93. The van der Waals surface area contributed by atoms with Crippen LogP contribution in [0.1, 0.15) is 13.3 Å². The van der Waals surface area contributed by atoms with Crippen molar-refractivity contribution >= 4 is 5.97 Å². The number of ether oxygens (including phenoxy) is 1. The lowest BCUT2D eigenvalue weighted by Gasteiger charge is -2.09. The Hall–Kier alpha value is -1.77. The second-order valence-corrected chi connectivity index (χ2v) is 2.60. The van der Waals surface area contributed by atoms with E-state index in [2.05, 4.69) is 20.1 Å². The standard InChI is InChI=1S/C8H13N5O2/c1-2-15-8(14)5-7(6-9)11-3-4-12-13-10/h7,11H,2-5H2,1H3. The summed E-state index contributed by atoms with van der Waals surface area (Å²) in [7, 11) is 0. The van der Waals surface area contributed by atoms with Gasteiger partial charge in [0.15, 0.2) is 0 Å². The summed E-state index contributed by atoms with van der Waals surface area (Å²) in [5, 5.41) is 14.7. The van der Waals surface area contributed by atoms with Crippen molar-refractivity contribution in [3.8, 4) is 6.07 Å². The zero-order valence-electron chi connectivity index (χ0n) is 8.51. The Bertz CT molecular complexity index is 279.